The van der Waals surface area contributed by atoms with Crippen LogP contribution in [0.1, 0.15) is 47.7 Å². The highest BCUT2D eigenvalue weighted by Gasteiger charge is 2.33. The van der Waals surface area contributed by atoms with Crippen LogP contribution >= 0.6 is 0 Å². The lowest BCUT2D eigenvalue weighted by Crippen LogP contribution is -2.62. The zero-order valence-electron chi connectivity index (χ0n) is 35.7. The van der Waals surface area contributed by atoms with Crippen LogP contribution in [0.4, 0.5) is 0 Å². The molecular weight excluding hydrogens is 849 g/mol. The van der Waals surface area contributed by atoms with Crippen LogP contribution in [0.3, 0.4) is 0 Å². The Bertz CT molecular complexity index is 2130. The number of carbonyl (C=O) groups excluding carboxylic acids is 8. The van der Waals surface area contributed by atoms with Crippen molar-refractivity contribution in [2.75, 3.05) is 20.2 Å². The van der Waals surface area contributed by atoms with Gasteiger partial charge in [-0.05, 0) is 59.4 Å². The Kier molecular flexibility index (Phi) is 20.4. The van der Waals surface area contributed by atoms with Crippen LogP contribution in [0.25, 0.3) is 11.1 Å². The fourth-order valence-electron chi connectivity index (χ4n) is 5.97. The molecule has 0 aliphatic heterocycles. The predicted octanol–water partition coefficient (Wildman–Crippen LogP) is -4.75. The molecular formula is C41H56BN11O12. The number of aryl methyl sites for hydroxylation is 1. The van der Waals surface area contributed by atoms with Gasteiger partial charge in [0.05, 0.1) is 19.6 Å². The van der Waals surface area contributed by atoms with E-state index in [0.29, 0.717) is 5.56 Å². The van der Waals surface area contributed by atoms with Gasteiger partial charge in [-0.15, -0.1) is 0 Å². The second-order valence-corrected chi connectivity index (χ2v) is 14.8. The van der Waals surface area contributed by atoms with Gasteiger partial charge in [-0.3, -0.25) is 38.4 Å². The fraction of sp³-hybridized carbons (Fsp3) is 0.366. The number of rotatable bonds is 24. The maximum Gasteiger partial charge on any atom is 0.490 e. The van der Waals surface area contributed by atoms with E-state index in [2.05, 4.69) is 45.6 Å². The molecule has 65 heavy (non-hydrogen) atoms. The van der Waals surface area contributed by atoms with Crippen LogP contribution in [-0.4, -0.2) is 136 Å². The van der Waals surface area contributed by atoms with Crippen LogP contribution in [0.2, 0.25) is 0 Å². The number of carbonyl (C=O) groups is 8. The van der Waals surface area contributed by atoms with E-state index in [1.54, 1.807) is 24.3 Å². The van der Waals surface area contributed by atoms with Crippen molar-refractivity contribution in [1.82, 2.24) is 36.8 Å². The van der Waals surface area contributed by atoms with Gasteiger partial charge in [-0.2, -0.15) is 0 Å². The van der Waals surface area contributed by atoms with E-state index in [4.69, 9.17) is 33.0 Å². The molecule has 8 amide bonds. The number of nitrogens with zero attached hydrogens (tertiary/aromatic N) is 1. The van der Waals surface area contributed by atoms with Crippen molar-refractivity contribution in [3.05, 3.63) is 89.5 Å². The van der Waals surface area contributed by atoms with Gasteiger partial charge in [0.2, 0.25) is 29.5 Å². The first-order valence-electron chi connectivity index (χ1n) is 20.3. The Morgan fingerprint density at radius 2 is 1.22 bits per heavy atom. The zero-order chi connectivity index (χ0) is 48.4. The second kappa shape index (κ2) is 25.4. The standard InChI is InChI=1S/C41H56BN11O12/c1-3-4-5-22-6-10-24(11-7-22)25-12-14-26(15-13-25)35(58)49-29(21-54)37(60)50-33(44)39(62)47-20-32(57)53(2)30(18-23-8-16-27(55)17-9-23)38(61)51-34(45)40(63)48-28(19-31(43)56)36(59)52-41(46)42(64)65/h6-17,28-30,33-34,41,54-55,64-65H,3-5,18-21,44-46H2,1-2H3,(H2,43,56)(H,47,62)(H,48,63)(H,49,58)(H,50,60)(H,51,61)(H,52,59)/t28-,29+,30-,33-,34+,41+/m0/s1. The fourth-order valence-corrected chi connectivity index (χ4v) is 5.97. The smallest absolute Gasteiger partial charge is 0.490 e. The molecule has 3 aromatic carbocycles. The van der Waals surface area contributed by atoms with Gasteiger partial charge in [0, 0.05) is 19.0 Å². The number of aliphatic hydroxyl groups is 1. The van der Waals surface area contributed by atoms with Gasteiger partial charge in [0.25, 0.3) is 17.7 Å². The quantitative estimate of drug-likeness (QED) is 0.0297. The molecule has 0 heterocycles. The Morgan fingerprint density at radius 3 is 1.77 bits per heavy atom. The van der Waals surface area contributed by atoms with E-state index < -0.39 is 110 Å². The number of amides is 8. The number of unbranched alkanes of at least 4 members (excludes halogenated alkanes) is 1. The minimum absolute atomic E-state index is 0.106. The number of hydrogen-bond donors (Lipinski definition) is 14. The summed E-state index contributed by atoms with van der Waals surface area (Å²) in [6, 6.07) is 13.8. The topological polar surface area (TPSA) is 397 Å². The van der Waals surface area contributed by atoms with Gasteiger partial charge in [-0.1, -0.05) is 61.9 Å². The number of likely N-dealkylation sites (N-methyl/N-ethyl adjacent to an activating group) is 1. The highest BCUT2D eigenvalue weighted by molar-refractivity contribution is 6.43. The average Bonchev–Trinajstić information content (AvgIpc) is 3.28. The summed E-state index contributed by atoms with van der Waals surface area (Å²) in [5.74, 6) is -8.21. The average molecular weight is 906 g/mol. The van der Waals surface area contributed by atoms with E-state index in [0.717, 1.165) is 35.3 Å². The van der Waals surface area contributed by atoms with Crippen molar-refractivity contribution in [3.63, 3.8) is 0 Å². The second-order valence-electron chi connectivity index (χ2n) is 14.8. The summed E-state index contributed by atoms with van der Waals surface area (Å²) in [6.07, 6.45) is -1.55. The van der Waals surface area contributed by atoms with Gasteiger partial charge in [0.15, 0.2) is 12.3 Å². The summed E-state index contributed by atoms with van der Waals surface area (Å²) in [5.41, 5.74) is 25.9. The summed E-state index contributed by atoms with van der Waals surface area (Å²) in [7, 11) is -1.02. The first kappa shape index (κ1) is 52.4. The van der Waals surface area contributed by atoms with Gasteiger partial charge < -0.3 is 80.0 Å². The SMILES string of the molecule is CCCCc1ccc(-c2ccc(C(=O)N[C@H](CO)C(=O)N[C@H](N)C(=O)NCC(=O)N(C)[C@@H](Cc3ccc(O)cc3)C(=O)N[C@@H](N)C(=O)N[C@@H](CC(N)=O)C(=O)N[C@@H](N)B(O)O)cc2)cc1. The molecule has 0 aromatic heterocycles. The highest BCUT2D eigenvalue weighted by atomic mass is 16.4. The molecule has 350 valence electrons. The number of aliphatic hydroxyl groups excluding tert-OH is 1. The first-order valence-corrected chi connectivity index (χ1v) is 20.3. The van der Waals surface area contributed by atoms with Crippen LogP contribution in [0, 0.1) is 0 Å². The molecule has 0 unspecified atom stereocenters. The number of primary amides is 1. The summed E-state index contributed by atoms with van der Waals surface area (Å²) < 4.78 is 0. The third-order valence-electron chi connectivity index (χ3n) is 9.83. The number of aromatic hydroxyl groups is 1. The van der Waals surface area contributed by atoms with Crippen LogP contribution in [0.5, 0.6) is 5.75 Å². The molecule has 0 spiro atoms. The van der Waals surface area contributed by atoms with Crippen molar-refractivity contribution < 1.29 is 58.6 Å². The molecule has 0 aliphatic carbocycles. The third-order valence-corrected chi connectivity index (χ3v) is 9.83. The number of hydrogen-bond acceptors (Lipinski definition) is 15. The summed E-state index contributed by atoms with van der Waals surface area (Å²) in [5, 5.41) is 51.0. The number of nitrogens with two attached hydrogens (primary N) is 4. The predicted molar refractivity (Wildman–Crippen MR) is 234 cm³/mol. The van der Waals surface area contributed by atoms with Crippen molar-refractivity contribution in [2.24, 2.45) is 22.9 Å². The maximum atomic E-state index is 13.6. The Morgan fingerprint density at radius 1 is 0.677 bits per heavy atom. The molecule has 0 aliphatic rings. The lowest BCUT2D eigenvalue weighted by Gasteiger charge is -2.29. The Labute approximate surface area is 374 Å². The lowest BCUT2D eigenvalue weighted by atomic mass is 9.86. The first-order chi connectivity index (χ1) is 30.7. The van der Waals surface area contributed by atoms with Gasteiger partial charge in [-0.25, -0.2) is 0 Å². The highest BCUT2D eigenvalue weighted by Crippen LogP contribution is 2.21. The molecule has 3 rings (SSSR count). The normalized spacial score (nSPS) is 13.6. The minimum Gasteiger partial charge on any atom is -0.508 e. The Balaban J connectivity index is 1.61. The molecule has 18 N–H and O–H groups in total. The summed E-state index contributed by atoms with van der Waals surface area (Å²) in [6.45, 7) is 0.487. The molecule has 6 atom stereocenters. The van der Waals surface area contributed by atoms with E-state index >= 15 is 0 Å². The zero-order valence-corrected chi connectivity index (χ0v) is 35.7. The van der Waals surface area contributed by atoms with Gasteiger partial charge >= 0.3 is 7.12 Å². The summed E-state index contributed by atoms with van der Waals surface area (Å²) >= 11 is 0. The van der Waals surface area contributed by atoms with Crippen molar-refractivity contribution in [2.45, 2.75) is 75.6 Å². The minimum atomic E-state index is -2.20. The van der Waals surface area contributed by atoms with Crippen molar-refractivity contribution in [3.8, 4) is 16.9 Å². The van der Waals surface area contributed by atoms with Crippen LogP contribution < -0.4 is 54.8 Å². The molecule has 0 saturated heterocycles. The van der Waals surface area contributed by atoms with E-state index in [1.165, 1.54) is 36.9 Å². The van der Waals surface area contributed by atoms with E-state index in [1.807, 2.05) is 17.4 Å². The van der Waals surface area contributed by atoms with Crippen LogP contribution in [-0.2, 0) is 46.4 Å². The summed E-state index contributed by atoms with van der Waals surface area (Å²) in [4.78, 5) is 104. The molecule has 3 aromatic rings. The monoisotopic (exact) mass is 905 g/mol. The van der Waals surface area contributed by atoms with Crippen LogP contribution in [0.15, 0.2) is 72.8 Å². The van der Waals surface area contributed by atoms with Gasteiger partial charge in [0.1, 0.15) is 29.9 Å². The lowest BCUT2D eigenvalue weighted by molar-refractivity contribution is -0.140. The molecule has 24 heteroatoms. The molecule has 0 fully saturated rings. The number of phenolic OH excluding ortho intramolecular Hbond substituents is 1. The number of nitrogens with one attached hydrogen (secondary N) is 6. The third kappa shape index (κ3) is 16.6. The number of benzene rings is 3. The Hall–Kier alpha value is -6.96. The largest absolute Gasteiger partial charge is 0.508 e. The molecule has 0 bridgehead atoms. The van der Waals surface area contributed by atoms with E-state index in [9.17, 15) is 48.6 Å². The van der Waals surface area contributed by atoms with E-state index in [-0.39, 0.29) is 17.7 Å². The van der Waals surface area contributed by atoms with Crippen molar-refractivity contribution in [1.29, 1.82) is 0 Å². The maximum absolute atomic E-state index is 13.6. The molecule has 0 saturated carbocycles. The number of phenols is 1. The van der Waals surface area contributed by atoms with Crippen molar-refractivity contribution >= 4 is 54.4 Å². The molecule has 23 nitrogen and oxygen atoms in total. The molecule has 0 radical (unpaired) electrons.